The van der Waals surface area contributed by atoms with E-state index in [4.69, 9.17) is 16.3 Å². The smallest absolute Gasteiger partial charge is 0.263 e. The average Bonchev–Trinajstić information content (AvgIpc) is 2.60. The summed E-state index contributed by atoms with van der Waals surface area (Å²) >= 11 is 6.08. The predicted octanol–water partition coefficient (Wildman–Crippen LogP) is 4.42. The number of halogens is 1. The molecule has 0 bridgehead atoms. The number of aromatic nitrogens is 1. The van der Waals surface area contributed by atoms with Gasteiger partial charge in [0.25, 0.3) is 10.0 Å². The second-order valence-corrected chi connectivity index (χ2v) is 7.73. The van der Waals surface area contributed by atoms with Gasteiger partial charge >= 0.3 is 0 Å². The fraction of sp³-hybridized carbons (Fsp3) is 0.105. The fourth-order valence-electron chi connectivity index (χ4n) is 2.32. The lowest BCUT2D eigenvalue weighted by Gasteiger charge is -2.11. The molecule has 0 atom stereocenters. The molecule has 5 nitrogen and oxygen atoms in total. The van der Waals surface area contributed by atoms with E-state index in [9.17, 15) is 8.42 Å². The van der Waals surface area contributed by atoms with Gasteiger partial charge in [0.2, 0.25) is 0 Å². The highest BCUT2D eigenvalue weighted by Gasteiger charge is 2.18. The van der Waals surface area contributed by atoms with Crippen molar-refractivity contribution in [3.63, 3.8) is 0 Å². The monoisotopic (exact) mass is 388 g/mol. The number of hydrogen-bond donors (Lipinski definition) is 1. The number of nitrogens with one attached hydrogen (secondary N) is 1. The van der Waals surface area contributed by atoms with Crippen molar-refractivity contribution < 1.29 is 13.2 Å². The lowest BCUT2D eigenvalue weighted by molar-refractivity contribution is 0.301. The molecular formula is C19H17ClN2O3S. The second-order valence-electron chi connectivity index (χ2n) is 5.68. The Hall–Kier alpha value is -2.57. The summed E-state index contributed by atoms with van der Waals surface area (Å²) in [6.45, 7) is 2.14. The molecule has 1 aromatic heterocycles. The third-order valence-corrected chi connectivity index (χ3v) is 5.44. The minimum absolute atomic E-state index is 0.0320. The third-order valence-electron chi connectivity index (χ3n) is 3.58. The van der Waals surface area contributed by atoms with Crippen molar-refractivity contribution >= 4 is 27.3 Å². The van der Waals surface area contributed by atoms with Crippen LogP contribution in [-0.4, -0.2) is 13.4 Å². The van der Waals surface area contributed by atoms with Crippen molar-refractivity contribution in [3.8, 4) is 5.75 Å². The quantitative estimate of drug-likeness (QED) is 0.678. The highest BCUT2D eigenvalue weighted by atomic mass is 35.5. The number of sulfonamides is 1. The van der Waals surface area contributed by atoms with Crippen LogP contribution in [0.2, 0.25) is 5.02 Å². The van der Waals surface area contributed by atoms with E-state index in [0.29, 0.717) is 18.0 Å². The molecule has 3 rings (SSSR count). The highest BCUT2D eigenvalue weighted by Crippen LogP contribution is 2.26. The molecule has 0 unspecified atom stereocenters. The molecule has 1 N–H and O–H groups in total. The van der Waals surface area contributed by atoms with E-state index in [-0.39, 0.29) is 9.92 Å². The molecule has 0 amide bonds. The molecule has 0 aliphatic heterocycles. The zero-order valence-electron chi connectivity index (χ0n) is 14.0. The van der Waals surface area contributed by atoms with E-state index in [1.807, 2.05) is 25.1 Å². The van der Waals surface area contributed by atoms with Crippen molar-refractivity contribution in [1.29, 1.82) is 0 Å². The second kappa shape index (κ2) is 7.76. The Labute approximate surface area is 157 Å². The standard InChI is InChI=1S/C19H17ClN2O3S/c1-14-8-9-19(18(20)11-14)26(23,24)22-15-6-4-7-17(12-15)25-13-16-5-2-3-10-21-16/h2-12,22H,13H2,1H3. The summed E-state index contributed by atoms with van der Waals surface area (Å²) in [4.78, 5) is 4.21. The lowest BCUT2D eigenvalue weighted by atomic mass is 10.2. The number of nitrogens with zero attached hydrogens (tertiary/aromatic N) is 1. The number of pyridine rings is 1. The maximum atomic E-state index is 12.6. The molecule has 0 aliphatic rings. The molecule has 26 heavy (non-hydrogen) atoms. The van der Waals surface area contributed by atoms with Gasteiger partial charge in [0.1, 0.15) is 17.3 Å². The summed E-state index contributed by atoms with van der Waals surface area (Å²) in [5.74, 6) is 0.533. The van der Waals surface area contributed by atoms with Gasteiger partial charge in [0, 0.05) is 12.3 Å². The van der Waals surface area contributed by atoms with Gasteiger partial charge in [-0.05, 0) is 48.9 Å². The largest absolute Gasteiger partial charge is 0.487 e. The van der Waals surface area contributed by atoms with Gasteiger partial charge < -0.3 is 4.74 Å². The van der Waals surface area contributed by atoms with Crippen LogP contribution in [0.25, 0.3) is 0 Å². The van der Waals surface area contributed by atoms with Crippen molar-refractivity contribution in [2.24, 2.45) is 0 Å². The highest BCUT2D eigenvalue weighted by molar-refractivity contribution is 7.92. The van der Waals surface area contributed by atoms with E-state index in [2.05, 4.69) is 9.71 Å². The maximum absolute atomic E-state index is 12.6. The summed E-state index contributed by atoms with van der Waals surface area (Å²) in [6, 6.07) is 17.1. The number of rotatable bonds is 6. The molecule has 7 heteroatoms. The molecule has 2 aromatic carbocycles. The zero-order chi connectivity index (χ0) is 18.6. The van der Waals surface area contributed by atoms with Crippen LogP contribution in [0.3, 0.4) is 0 Å². The fourth-order valence-corrected chi connectivity index (χ4v) is 3.97. The van der Waals surface area contributed by atoms with Crippen molar-refractivity contribution in [1.82, 2.24) is 4.98 Å². The summed E-state index contributed by atoms with van der Waals surface area (Å²) in [5.41, 5.74) is 2.06. The summed E-state index contributed by atoms with van der Waals surface area (Å²) < 4.78 is 33.4. The maximum Gasteiger partial charge on any atom is 0.263 e. The first kappa shape index (κ1) is 18.2. The van der Waals surface area contributed by atoms with Crippen molar-refractivity contribution in [3.05, 3.63) is 83.1 Å². The molecule has 134 valence electrons. The first-order valence-corrected chi connectivity index (χ1v) is 9.72. The first-order valence-electron chi connectivity index (χ1n) is 7.86. The van der Waals surface area contributed by atoms with Crippen LogP contribution >= 0.6 is 11.6 Å². The number of anilines is 1. The minimum Gasteiger partial charge on any atom is -0.487 e. The van der Waals surface area contributed by atoms with Crippen LogP contribution in [0.5, 0.6) is 5.75 Å². The number of aryl methyl sites for hydroxylation is 1. The van der Waals surface area contributed by atoms with Crippen LogP contribution < -0.4 is 9.46 Å². The zero-order valence-corrected chi connectivity index (χ0v) is 15.6. The minimum atomic E-state index is -3.79. The molecule has 0 aliphatic carbocycles. The molecule has 1 heterocycles. The van der Waals surface area contributed by atoms with Gasteiger partial charge in [-0.25, -0.2) is 8.42 Å². The topological polar surface area (TPSA) is 68.3 Å². The summed E-state index contributed by atoms with van der Waals surface area (Å²) in [5, 5.41) is 0.181. The lowest BCUT2D eigenvalue weighted by Crippen LogP contribution is -2.13. The molecule has 0 radical (unpaired) electrons. The number of hydrogen-bond acceptors (Lipinski definition) is 4. The van der Waals surface area contributed by atoms with Gasteiger partial charge in [0.05, 0.1) is 16.4 Å². The Morgan fingerprint density at radius 3 is 2.65 bits per heavy atom. The SMILES string of the molecule is Cc1ccc(S(=O)(=O)Nc2cccc(OCc3ccccn3)c2)c(Cl)c1. The Kier molecular flexibility index (Phi) is 5.44. The third kappa shape index (κ3) is 4.53. The van der Waals surface area contributed by atoms with Crippen molar-refractivity contribution in [2.75, 3.05) is 4.72 Å². The molecule has 3 aromatic rings. The predicted molar refractivity (Wildman–Crippen MR) is 102 cm³/mol. The van der Waals surface area contributed by atoms with Crippen LogP contribution in [-0.2, 0) is 16.6 Å². The van der Waals surface area contributed by atoms with Gasteiger partial charge in [-0.2, -0.15) is 0 Å². The van der Waals surface area contributed by atoms with Gasteiger partial charge in [-0.15, -0.1) is 0 Å². The van der Waals surface area contributed by atoms with E-state index in [1.165, 1.54) is 6.07 Å². The van der Waals surface area contributed by atoms with Gasteiger partial charge in [-0.3, -0.25) is 9.71 Å². The first-order chi connectivity index (χ1) is 12.4. The Bertz CT molecular complexity index is 1010. The molecule has 0 saturated carbocycles. The summed E-state index contributed by atoms with van der Waals surface area (Å²) in [6.07, 6.45) is 1.69. The van der Waals surface area contributed by atoms with Gasteiger partial charge in [-0.1, -0.05) is 29.8 Å². The molecule has 0 saturated heterocycles. The Morgan fingerprint density at radius 1 is 1.08 bits per heavy atom. The average molecular weight is 389 g/mol. The Morgan fingerprint density at radius 2 is 1.92 bits per heavy atom. The van der Waals surface area contributed by atoms with Gasteiger partial charge in [0.15, 0.2) is 0 Å². The van der Waals surface area contributed by atoms with E-state index in [0.717, 1.165) is 11.3 Å². The van der Waals surface area contributed by atoms with Crippen LogP contribution in [0.4, 0.5) is 5.69 Å². The van der Waals surface area contributed by atoms with Crippen LogP contribution in [0, 0.1) is 6.92 Å². The molecule has 0 fully saturated rings. The van der Waals surface area contributed by atoms with E-state index >= 15 is 0 Å². The normalized spacial score (nSPS) is 11.2. The van der Waals surface area contributed by atoms with Crippen LogP contribution in [0.1, 0.15) is 11.3 Å². The number of ether oxygens (including phenoxy) is 1. The number of benzene rings is 2. The van der Waals surface area contributed by atoms with Crippen molar-refractivity contribution in [2.45, 2.75) is 18.4 Å². The Balaban J connectivity index is 1.75. The molecular weight excluding hydrogens is 372 g/mol. The van der Waals surface area contributed by atoms with Crippen LogP contribution in [0.15, 0.2) is 71.8 Å². The summed E-state index contributed by atoms with van der Waals surface area (Å²) in [7, 11) is -3.79. The molecule has 0 spiro atoms. The van der Waals surface area contributed by atoms with E-state index < -0.39 is 10.0 Å². The van der Waals surface area contributed by atoms with E-state index in [1.54, 1.807) is 42.6 Å².